The van der Waals surface area contributed by atoms with E-state index in [1.807, 2.05) is 30.3 Å². The minimum absolute atomic E-state index is 0.00968. The first-order chi connectivity index (χ1) is 11.2. The van der Waals surface area contributed by atoms with E-state index < -0.39 is 5.92 Å². The molecule has 23 heavy (non-hydrogen) atoms. The summed E-state index contributed by atoms with van der Waals surface area (Å²) < 4.78 is 5.13. The van der Waals surface area contributed by atoms with Crippen molar-refractivity contribution in [3.8, 4) is 5.75 Å². The van der Waals surface area contributed by atoms with Crippen LogP contribution in [-0.2, 0) is 11.2 Å². The summed E-state index contributed by atoms with van der Waals surface area (Å²) in [5.41, 5.74) is 11.7. The van der Waals surface area contributed by atoms with Gasteiger partial charge >= 0.3 is 5.71 Å². The summed E-state index contributed by atoms with van der Waals surface area (Å²) in [6.45, 7) is 1.53. The average molecular weight is 308 g/mol. The Kier molecular flexibility index (Phi) is 5.84. The van der Waals surface area contributed by atoms with Crippen molar-refractivity contribution in [2.75, 3.05) is 7.11 Å². The van der Waals surface area contributed by atoms with Crippen LogP contribution in [0.1, 0.15) is 24.5 Å². The number of ether oxygens (including phenoxy) is 1. The number of benzene rings is 2. The van der Waals surface area contributed by atoms with Crippen LogP contribution in [0.2, 0.25) is 0 Å². The number of nitrogens with zero attached hydrogens (tertiary/aromatic N) is 2. The van der Waals surface area contributed by atoms with Gasteiger partial charge < -0.3 is 10.3 Å². The Labute approximate surface area is 136 Å². The molecule has 118 valence electrons. The van der Waals surface area contributed by atoms with Gasteiger partial charge in [0.25, 0.3) is 0 Å². The smallest absolute Gasteiger partial charge is 0.309 e. The van der Waals surface area contributed by atoms with Gasteiger partial charge in [-0.1, -0.05) is 30.3 Å². The lowest BCUT2D eigenvalue weighted by Gasteiger charge is -2.10. The van der Waals surface area contributed by atoms with Gasteiger partial charge in [0.05, 0.1) is 12.7 Å². The molecule has 0 saturated carbocycles. The highest BCUT2D eigenvalue weighted by molar-refractivity contribution is 6.10. The number of hydrogen-bond acceptors (Lipinski definition) is 2. The number of carbonyl (C=O) groups excluding carboxylic acids is 1. The Bertz CT molecular complexity index is 702. The third-order valence-electron chi connectivity index (χ3n) is 3.88. The summed E-state index contributed by atoms with van der Waals surface area (Å²) in [5, 5.41) is 0. The number of aryl methyl sites for hydroxylation is 1. The molecule has 2 rings (SSSR count). The minimum Gasteiger partial charge on any atom is -0.497 e. The maximum Gasteiger partial charge on any atom is 0.309 e. The standard InChI is InChI=1S/C19H20N2O2/c1-14(22)18(13-8-15-6-4-3-5-7-15)19(21-20)16-9-11-17(23-2)12-10-16/h3-7,9-12,18H,8,13H2,1-2H3. The van der Waals surface area contributed by atoms with E-state index in [2.05, 4.69) is 4.79 Å². The van der Waals surface area contributed by atoms with Gasteiger partial charge in [-0.15, -0.1) is 0 Å². The monoisotopic (exact) mass is 308 g/mol. The van der Waals surface area contributed by atoms with Crippen molar-refractivity contribution in [1.82, 2.24) is 0 Å². The first kappa shape index (κ1) is 16.7. The molecule has 0 spiro atoms. The molecule has 0 saturated heterocycles. The highest BCUT2D eigenvalue weighted by atomic mass is 16.5. The molecule has 2 aromatic carbocycles. The molecule has 1 unspecified atom stereocenters. The first-order valence-electron chi connectivity index (χ1n) is 7.56. The molecule has 4 nitrogen and oxygen atoms in total. The molecule has 2 aromatic rings. The second kappa shape index (κ2) is 8.06. The van der Waals surface area contributed by atoms with Crippen molar-refractivity contribution < 1.29 is 14.3 Å². The number of ketones is 1. The van der Waals surface area contributed by atoms with E-state index in [-0.39, 0.29) is 5.78 Å². The Morgan fingerprint density at radius 3 is 2.30 bits per heavy atom. The highest BCUT2D eigenvalue weighted by Gasteiger charge is 2.29. The molecule has 0 aliphatic rings. The summed E-state index contributed by atoms with van der Waals surface area (Å²) in [7, 11) is 1.59. The summed E-state index contributed by atoms with van der Waals surface area (Å²) in [5.74, 6) is 0.271. The lowest BCUT2D eigenvalue weighted by molar-refractivity contribution is -0.120. The van der Waals surface area contributed by atoms with E-state index in [0.29, 0.717) is 12.1 Å². The molecule has 0 amide bonds. The van der Waals surface area contributed by atoms with Gasteiger partial charge in [-0.2, -0.15) is 4.79 Å². The number of Topliss-reactive ketones (excluding diaryl/α,β-unsaturated/α-hetero) is 1. The van der Waals surface area contributed by atoms with Crippen LogP contribution in [0.25, 0.3) is 5.53 Å². The minimum atomic E-state index is -0.436. The Balaban J connectivity index is 2.20. The zero-order valence-corrected chi connectivity index (χ0v) is 13.4. The predicted octanol–water partition coefficient (Wildman–Crippen LogP) is 3.55. The van der Waals surface area contributed by atoms with Gasteiger partial charge in [0.15, 0.2) is 0 Å². The molecule has 0 heterocycles. The Morgan fingerprint density at radius 1 is 1.13 bits per heavy atom. The fourth-order valence-corrected chi connectivity index (χ4v) is 2.58. The van der Waals surface area contributed by atoms with E-state index in [1.54, 1.807) is 31.4 Å². The van der Waals surface area contributed by atoms with E-state index in [9.17, 15) is 10.3 Å². The molecular formula is C19H20N2O2. The van der Waals surface area contributed by atoms with Crippen LogP contribution in [0.15, 0.2) is 54.6 Å². The summed E-state index contributed by atoms with van der Waals surface area (Å²) in [6.07, 6.45) is 1.35. The van der Waals surface area contributed by atoms with E-state index >= 15 is 0 Å². The summed E-state index contributed by atoms with van der Waals surface area (Å²) >= 11 is 0. The van der Waals surface area contributed by atoms with Crippen molar-refractivity contribution in [3.63, 3.8) is 0 Å². The van der Waals surface area contributed by atoms with Crippen molar-refractivity contribution in [3.05, 3.63) is 71.3 Å². The van der Waals surface area contributed by atoms with Gasteiger partial charge in [-0.3, -0.25) is 4.79 Å². The maximum atomic E-state index is 12.0. The van der Waals surface area contributed by atoms with Crippen LogP contribution in [0.5, 0.6) is 5.75 Å². The molecule has 0 N–H and O–H groups in total. The quantitative estimate of drug-likeness (QED) is 0.446. The van der Waals surface area contributed by atoms with Crippen molar-refractivity contribution >= 4 is 11.5 Å². The zero-order chi connectivity index (χ0) is 16.7. The number of rotatable bonds is 7. The van der Waals surface area contributed by atoms with Gasteiger partial charge in [-0.25, -0.2) is 0 Å². The van der Waals surface area contributed by atoms with Crippen LogP contribution in [-0.4, -0.2) is 23.4 Å². The molecule has 4 heteroatoms. The van der Waals surface area contributed by atoms with Gasteiger partial charge in [0.1, 0.15) is 17.5 Å². The molecule has 0 radical (unpaired) electrons. The molecule has 0 fully saturated rings. The number of hydrogen-bond donors (Lipinski definition) is 0. The second-order valence-corrected chi connectivity index (χ2v) is 5.40. The normalized spacial score (nSPS) is 11.4. The molecular weight excluding hydrogens is 288 g/mol. The van der Waals surface area contributed by atoms with E-state index in [0.717, 1.165) is 23.3 Å². The largest absolute Gasteiger partial charge is 0.497 e. The average Bonchev–Trinajstić information content (AvgIpc) is 2.59. The summed E-state index contributed by atoms with van der Waals surface area (Å²) in [4.78, 5) is 15.4. The van der Waals surface area contributed by atoms with E-state index in [4.69, 9.17) is 4.74 Å². The zero-order valence-electron chi connectivity index (χ0n) is 13.4. The molecule has 0 aliphatic heterocycles. The fraction of sp³-hybridized carbons (Fsp3) is 0.263. The van der Waals surface area contributed by atoms with Crippen LogP contribution >= 0.6 is 0 Å². The predicted molar refractivity (Wildman–Crippen MR) is 89.7 cm³/mol. The molecule has 0 bridgehead atoms. The van der Waals surface area contributed by atoms with E-state index in [1.165, 1.54) is 6.92 Å². The van der Waals surface area contributed by atoms with Gasteiger partial charge in [-0.05, 0) is 49.6 Å². The number of carbonyl (C=O) groups is 1. The summed E-state index contributed by atoms with van der Waals surface area (Å²) in [6, 6.07) is 17.1. The highest BCUT2D eigenvalue weighted by Crippen LogP contribution is 2.19. The van der Waals surface area contributed by atoms with Crippen LogP contribution < -0.4 is 4.74 Å². The van der Waals surface area contributed by atoms with Crippen LogP contribution in [0, 0.1) is 5.92 Å². The van der Waals surface area contributed by atoms with Gasteiger partial charge in [0.2, 0.25) is 0 Å². The number of methoxy groups -OCH3 is 1. The van der Waals surface area contributed by atoms with Crippen molar-refractivity contribution in [2.45, 2.75) is 19.8 Å². The third kappa shape index (κ3) is 4.38. The third-order valence-corrected chi connectivity index (χ3v) is 3.88. The van der Waals surface area contributed by atoms with Crippen LogP contribution in [0.3, 0.4) is 0 Å². The molecule has 1 atom stereocenters. The lowest BCUT2D eigenvalue weighted by atomic mass is 9.88. The first-order valence-corrected chi connectivity index (χ1v) is 7.56. The van der Waals surface area contributed by atoms with Crippen molar-refractivity contribution in [1.29, 1.82) is 0 Å². The van der Waals surface area contributed by atoms with Crippen molar-refractivity contribution in [2.24, 2.45) is 5.92 Å². The fourth-order valence-electron chi connectivity index (χ4n) is 2.58. The van der Waals surface area contributed by atoms with Crippen LogP contribution in [0.4, 0.5) is 0 Å². The molecule has 0 aromatic heterocycles. The maximum absolute atomic E-state index is 12.0. The Hall–Kier alpha value is -2.71. The van der Waals surface area contributed by atoms with Gasteiger partial charge in [0, 0.05) is 0 Å². The second-order valence-electron chi connectivity index (χ2n) is 5.40. The SMILES string of the molecule is COc1ccc(C(=[N+]=[N-])C(CCc2ccccc2)C(C)=O)cc1. The Morgan fingerprint density at radius 2 is 1.78 bits per heavy atom. The molecule has 0 aliphatic carbocycles. The lowest BCUT2D eigenvalue weighted by Crippen LogP contribution is -2.24. The topological polar surface area (TPSA) is 62.7 Å².